The molecular weight excluding hydrogens is 282 g/mol. The highest BCUT2D eigenvalue weighted by molar-refractivity contribution is 7.92. The molecule has 0 aliphatic rings. The van der Waals surface area contributed by atoms with Crippen LogP contribution in [0.15, 0.2) is 29.2 Å². The number of anilines is 2. The Kier molecular flexibility index (Phi) is 3.36. The molecule has 1 aromatic carbocycles. The van der Waals surface area contributed by atoms with Crippen LogP contribution in [0.25, 0.3) is 0 Å². The molecule has 1 aromatic heterocycles. The number of sulfonamides is 1. The molecule has 1 amide bonds. The van der Waals surface area contributed by atoms with Crippen LogP contribution >= 0.6 is 0 Å². The van der Waals surface area contributed by atoms with Crippen LogP contribution in [-0.4, -0.2) is 24.5 Å². The number of nitrogens with one attached hydrogen (secondary N) is 2. The van der Waals surface area contributed by atoms with Crippen molar-refractivity contribution in [3.8, 4) is 0 Å². The summed E-state index contributed by atoms with van der Waals surface area (Å²) < 4.78 is 26.6. The maximum Gasteiger partial charge on any atom is 0.265 e. The molecule has 2 aromatic rings. The van der Waals surface area contributed by atoms with Gasteiger partial charge < -0.3 is 11.5 Å². The first-order valence-electron chi connectivity index (χ1n) is 5.54. The fraction of sp³-hybridized carbons (Fsp3) is 0.0909. The normalized spacial score (nSPS) is 11.2. The summed E-state index contributed by atoms with van der Waals surface area (Å²) in [5, 5.41) is 6.38. The second kappa shape index (κ2) is 4.85. The van der Waals surface area contributed by atoms with Crippen LogP contribution in [0.3, 0.4) is 0 Å². The summed E-state index contributed by atoms with van der Waals surface area (Å²) in [6.45, 7) is 1.74. The smallest absolute Gasteiger partial charge is 0.265 e. The van der Waals surface area contributed by atoms with Crippen molar-refractivity contribution in [2.45, 2.75) is 11.8 Å². The van der Waals surface area contributed by atoms with Crippen molar-refractivity contribution in [3.05, 3.63) is 35.5 Å². The SMILES string of the molecule is Cc1cc(NS(=O)(=O)c2ccc(C(N)=O)cc2N)n[nH]1. The van der Waals surface area contributed by atoms with E-state index >= 15 is 0 Å². The van der Waals surface area contributed by atoms with E-state index in [0.29, 0.717) is 5.69 Å². The summed E-state index contributed by atoms with van der Waals surface area (Å²) in [7, 11) is -3.88. The second-order valence-corrected chi connectivity index (χ2v) is 5.81. The van der Waals surface area contributed by atoms with E-state index in [-0.39, 0.29) is 22.0 Å². The molecule has 106 valence electrons. The van der Waals surface area contributed by atoms with Gasteiger partial charge in [-0.1, -0.05) is 0 Å². The van der Waals surface area contributed by atoms with Crippen LogP contribution in [-0.2, 0) is 10.0 Å². The Bertz CT molecular complexity index is 766. The number of carbonyl (C=O) groups is 1. The van der Waals surface area contributed by atoms with Crippen LogP contribution in [0.4, 0.5) is 11.5 Å². The molecular formula is C11H13N5O3S. The molecule has 6 N–H and O–H groups in total. The fourth-order valence-electron chi connectivity index (χ4n) is 1.61. The van der Waals surface area contributed by atoms with E-state index in [0.717, 1.165) is 0 Å². The average molecular weight is 295 g/mol. The highest BCUT2D eigenvalue weighted by atomic mass is 32.2. The lowest BCUT2D eigenvalue weighted by atomic mass is 10.2. The van der Waals surface area contributed by atoms with Gasteiger partial charge in [-0.25, -0.2) is 8.42 Å². The number of hydrogen-bond donors (Lipinski definition) is 4. The summed E-state index contributed by atoms with van der Waals surface area (Å²) in [5.74, 6) is -0.530. The fourth-order valence-corrected chi connectivity index (χ4v) is 2.72. The number of hydrogen-bond acceptors (Lipinski definition) is 5. The van der Waals surface area contributed by atoms with Gasteiger partial charge in [0.25, 0.3) is 10.0 Å². The molecule has 0 bridgehead atoms. The zero-order chi connectivity index (χ0) is 14.9. The van der Waals surface area contributed by atoms with E-state index < -0.39 is 15.9 Å². The van der Waals surface area contributed by atoms with Gasteiger partial charge in [-0.3, -0.25) is 14.6 Å². The van der Waals surface area contributed by atoms with Gasteiger partial charge in [-0.2, -0.15) is 5.10 Å². The number of carbonyl (C=O) groups excluding carboxylic acids is 1. The Morgan fingerprint density at radius 2 is 2.05 bits per heavy atom. The van der Waals surface area contributed by atoms with Crippen LogP contribution in [0.1, 0.15) is 16.1 Å². The number of nitrogens with zero attached hydrogens (tertiary/aromatic N) is 1. The molecule has 0 unspecified atom stereocenters. The number of amides is 1. The summed E-state index contributed by atoms with van der Waals surface area (Å²) in [4.78, 5) is 10.8. The molecule has 1 heterocycles. The van der Waals surface area contributed by atoms with Crippen molar-refractivity contribution in [1.82, 2.24) is 10.2 Å². The number of aromatic nitrogens is 2. The Morgan fingerprint density at radius 1 is 1.35 bits per heavy atom. The van der Waals surface area contributed by atoms with Crippen molar-refractivity contribution in [3.63, 3.8) is 0 Å². The number of nitrogens with two attached hydrogens (primary N) is 2. The molecule has 0 radical (unpaired) electrons. The Balaban J connectivity index is 2.37. The predicted molar refractivity (Wildman–Crippen MR) is 73.5 cm³/mol. The van der Waals surface area contributed by atoms with Crippen molar-refractivity contribution in [1.29, 1.82) is 0 Å². The van der Waals surface area contributed by atoms with Gasteiger partial charge in [0.05, 0.1) is 5.69 Å². The van der Waals surface area contributed by atoms with E-state index in [9.17, 15) is 13.2 Å². The molecule has 0 fully saturated rings. The standard InChI is InChI=1S/C11H13N5O3S/c1-6-4-10(15-14-6)16-20(18,19)9-3-2-7(11(13)17)5-8(9)12/h2-5H,12H2,1H3,(H2,13,17)(H2,14,15,16). The van der Waals surface area contributed by atoms with Crippen LogP contribution in [0, 0.1) is 6.92 Å². The van der Waals surface area contributed by atoms with Crippen molar-refractivity contribution < 1.29 is 13.2 Å². The number of aromatic amines is 1. The van der Waals surface area contributed by atoms with Gasteiger partial charge in [0.1, 0.15) is 4.90 Å². The molecule has 20 heavy (non-hydrogen) atoms. The van der Waals surface area contributed by atoms with E-state index in [1.165, 1.54) is 24.3 Å². The summed E-state index contributed by atoms with van der Waals surface area (Å²) in [6, 6.07) is 5.26. The van der Waals surface area contributed by atoms with E-state index in [4.69, 9.17) is 11.5 Å². The predicted octanol–water partition coefficient (Wildman–Crippen LogP) is 0.200. The van der Waals surface area contributed by atoms with Gasteiger partial charge >= 0.3 is 0 Å². The lowest BCUT2D eigenvalue weighted by molar-refractivity contribution is 0.1000. The number of rotatable bonds is 4. The van der Waals surface area contributed by atoms with Crippen molar-refractivity contribution >= 4 is 27.4 Å². The average Bonchev–Trinajstić information content (AvgIpc) is 2.73. The van der Waals surface area contributed by atoms with Crippen LogP contribution in [0.2, 0.25) is 0 Å². The quantitative estimate of drug-likeness (QED) is 0.595. The minimum Gasteiger partial charge on any atom is -0.398 e. The van der Waals surface area contributed by atoms with Crippen molar-refractivity contribution in [2.24, 2.45) is 5.73 Å². The molecule has 0 aliphatic carbocycles. The largest absolute Gasteiger partial charge is 0.398 e. The third-order valence-electron chi connectivity index (χ3n) is 2.53. The number of benzene rings is 1. The minimum absolute atomic E-state index is 0.0685. The molecule has 8 nitrogen and oxygen atoms in total. The Labute approximate surface area is 115 Å². The molecule has 2 rings (SSSR count). The first kappa shape index (κ1) is 13.9. The van der Waals surface area contributed by atoms with Gasteiger partial charge in [0.2, 0.25) is 5.91 Å². The maximum absolute atomic E-state index is 12.2. The van der Waals surface area contributed by atoms with E-state index in [2.05, 4.69) is 14.9 Å². The second-order valence-electron chi connectivity index (χ2n) is 4.16. The monoisotopic (exact) mass is 295 g/mol. The highest BCUT2D eigenvalue weighted by Crippen LogP contribution is 2.22. The summed E-state index contributed by atoms with van der Waals surface area (Å²) in [5.41, 5.74) is 11.5. The first-order valence-corrected chi connectivity index (χ1v) is 7.02. The topological polar surface area (TPSA) is 144 Å². The van der Waals surface area contributed by atoms with E-state index in [1.54, 1.807) is 6.92 Å². The Morgan fingerprint density at radius 3 is 2.55 bits per heavy atom. The Hall–Kier alpha value is -2.55. The third-order valence-corrected chi connectivity index (χ3v) is 3.96. The van der Waals surface area contributed by atoms with Crippen LogP contribution < -0.4 is 16.2 Å². The van der Waals surface area contributed by atoms with Gasteiger partial charge in [-0.15, -0.1) is 0 Å². The zero-order valence-electron chi connectivity index (χ0n) is 10.5. The third kappa shape index (κ3) is 2.72. The molecule has 0 spiro atoms. The molecule has 0 saturated carbocycles. The van der Waals surface area contributed by atoms with Gasteiger partial charge in [-0.05, 0) is 25.1 Å². The van der Waals surface area contributed by atoms with Gasteiger partial charge in [0, 0.05) is 17.3 Å². The molecule has 0 aliphatic heterocycles. The number of aryl methyl sites for hydroxylation is 1. The van der Waals surface area contributed by atoms with E-state index in [1.807, 2.05) is 0 Å². The lowest BCUT2D eigenvalue weighted by Gasteiger charge is -2.08. The van der Waals surface area contributed by atoms with Crippen molar-refractivity contribution in [2.75, 3.05) is 10.5 Å². The zero-order valence-corrected chi connectivity index (χ0v) is 11.4. The summed E-state index contributed by atoms with van der Waals surface area (Å²) in [6.07, 6.45) is 0. The number of primary amides is 1. The number of nitrogen functional groups attached to an aromatic ring is 1. The molecule has 0 saturated heterocycles. The summed E-state index contributed by atoms with van der Waals surface area (Å²) >= 11 is 0. The molecule has 9 heteroatoms. The maximum atomic E-state index is 12.2. The first-order chi connectivity index (χ1) is 9.29. The van der Waals surface area contributed by atoms with Gasteiger partial charge in [0.15, 0.2) is 5.82 Å². The number of H-pyrrole nitrogens is 1. The lowest BCUT2D eigenvalue weighted by Crippen LogP contribution is -2.17. The highest BCUT2D eigenvalue weighted by Gasteiger charge is 2.19. The minimum atomic E-state index is -3.88. The van der Waals surface area contributed by atoms with Crippen LogP contribution in [0.5, 0.6) is 0 Å². The molecule has 0 atom stereocenters.